The first-order valence-electron chi connectivity index (χ1n) is 4.43. The van der Waals surface area contributed by atoms with Crippen molar-refractivity contribution >= 4 is 11.6 Å². The Morgan fingerprint density at radius 3 is 2.60 bits per heavy atom. The number of hydrogen-bond acceptors (Lipinski definition) is 2. The number of aryl methyl sites for hydroxylation is 2. The van der Waals surface area contributed by atoms with E-state index in [-0.39, 0.29) is 5.02 Å². The summed E-state index contributed by atoms with van der Waals surface area (Å²) in [5.74, 6) is 0.984. The molecule has 1 aromatic heterocycles. The molecule has 0 aliphatic heterocycles. The maximum atomic E-state index is 12.9. The molecule has 0 aliphatic carbocycles. The summed E-state index contributed by atoms with van der Waals surface area (Å²) < 4.78 is 14.6. The molecule has 0 bridgehead atoms. The van der Waals surface area contributed by atoms with Gasteiger partial charge in [0.15, 0.2) is 0 Å². The SMILES string of the molecule is Cc1nc(C)n(-c2ccc(F)c(Cl)c2)n1. The molecule has 0 atom stereocenters. The third-order valence-electron chi connectivity index (χ3n) is 2.02. The van der Waals surface area contributed by atoms with E-state index in [0.29, 0.717) is 11.5 Å². The van der Waals surface area contributed by atoms with Gasteiger partial charge in [-0.05, 0) is 32.0 Å². The number of hydrogen-bond donors (Lipinski definition) is 0. The zero-order valence-electron chi connectivity index (χ0n) is 8.33. The standard InChI is InChI=1S/C10H9ClFN3/c1-6-13-7(2)15(14-6)8-3-4-10(12)9(11)5-8/h3-5H,1-2H3. The molecule has 0 saturated carbocycles. The Labute approximate surface area is 91.5 Å². The van der Waals surface area contributed by atoms with Gasteiger partial charge in [0.1, 0.15) is 17.5 Å². The van der Waals surface area contributed by atoms with Crippen LogP contribution in [0.15, 0.2) is 18.2 Å². The van der Waals surface area contributed by atoms with Crippen molar-refractivity contribution in [3.63, 3.8) is 0 Å². The first-order valence-corrected chi connectivity index (χ1v) is 4.81. The van der Waals surface area contributed by atoms with Crippen LogP contribution in [0.5, 0.6) is 0 Å². The number of rotatable bonds is 1. The van der Waals surface area contributed by atoms with Gasteiger partial charge in [0.25, 0.3) is 0 Å². The molecule has 1 heterocycles. The normalized spacial score (nSPS) is 10.7. The Hall–Kier alpha value is -1.42. The van der Waals surface area contributed by atoms with Crippen molar-refractivity contribution in [2.75, 3.05) is 0 Å². The summed E-state index contributed by atoms with van der Waals surface area (Å²) in [6, 6.07) is 4.45. The van der Waals surface area contributed by atoms with Gasteiger partial charge in [-0.25, -0.2) is 14.1 Å². The van der Waals surface area contributed by atoms with Crippen LogP contribution in [0.25, 0.3) is 5.69 Å². The second-order valence-corrected chi connectivity index (χ2v) is 3.62. The van der Waals surface area contributed by atoms with E-state index in [0.717, 1.165) is 5.82 Å². The molecule has 5 heteroatoms. The predicted octanol–water partition coefficient (Wildman–Crippen LogP) is 2.68. The van der Waals surface area contributed by atoms with Crippen molar-refractivity contribution in [3.05, 3.63) is 40.7 Å². The molecule has 1 aromatic carbocycles. The van der Waals surface area contributed by atoms with Crippen molar-refractivity contribution < 1.29 is 4.39 Å². The van der Waals surface area contributed by atoms with Gasteiger partial charge in [0.2, 0.25) is 0 Å². The van der Waals surface area contributed by atoms with Crippen molar-refractivity contribution in [2.45, 2.75) is 13.8 Å². The predicted molar refractivity (Wildman–Crippen MR) is 55.8 cm³/mol. The molecule has 0 aliphatic rings. The monoisotopic (exact) mass is 225 g/mol. The molecule has 3 nitrogen and oxygen atoms in total. The van der Waals surface area contributed by atoms with E-state index in [9.17, 15) is 4.39 Å². The molecule has 0 saturated heterocycles. The average molecular weight is 226 g/mol. The van der Waals surface area contributed by atoms with Crippen LogP contribution in [0.2, 0.25) is 5.02 Å². The van der Waals surface area contributed by atoms with Gasteiger partial charge < -0.3 is 0 Å². The number of nitrogens with zero attached hydrogens (tertiary/aromatic N) is 3. The lowest BCUT2D eigenvalue weighted by Gasteiger charge is -2.03. The third kappa shape index (κ3) is 1.85. The fraction of sp³-hybridized carbons (Fsp3) is 0.200. The van der Waals surface area contributed by atoms with E-state index < -0.39 is 5.82 Å². The van der Waals surface area contributed by atoms with Gasteiger partial charge >= 0.3 is 0 Å². The first-order chi connectivity index (χ1) is 7.08. The summed E-state index contributed by atoms with van der Waals surface area (Å²) in [4.78, 5) is 4.15. The summed E-state index contributed by atoms with van der Waals surface area (Å²) in [6.07, 6.45) is 0. The van der Waals surface area contributed by atoms with E-state index in [1.165, 1.54) is 12.1 Å². The molecule has 0 radical (unpaired) electrons. The van der Waals surface area contributed by atoms with E-state index in [1.54, 1.807) is 17.7 Å². The molecule has 0 N–H and O–H groups in total. The van der Waals surface area contributed by atoms with Crippen LogP contribution in [0.1, 0.15) is 11.6 Å². The van der Waals surface area contributed by atoms with Gasteiger partial charge in [-0.15, -0.1) is 0 Å². The highest BCUT2D eigenvalue weighted by Crippen LogP contribution is 2.19. The lowest BCUT2D eigenvalue weighted by molar-refractivity contribution is 0.627. The molecule has 2 aromatic rings. The largest absolute Gasteiger partial charge is 0.218 e. The quantitative estimate of drug-likeness (QED) is 0.747. The van der Waals surface area contributed by atoms with Crippen LogP contribution < -0.4 is 0 Å². The lowest BCUT2D eigenvalue weighted by atomic mass is 10.3. The number of halogens is 2. The topological polar surface area (TPSA) is 30.7 Å². The summed E-state index contributed by atoms with van der Waals surface area (Å²) in [7, 11) is 0. The number of benzene rings is 1. The van der Waals surface area contributed by atoms with Gasteiger partial charge in [0.05, 0.1) is 10.7 Å². The molecular formula is C10H9ClFN3. The minimum Gasteiger partial charge on any atom is -0.218 e. The second kappa shape index (κ2) is 3.62. The maximum Gasteiger partial charge on any atom is 0.148 e. The van der Waals surface area contributed by atoms with Crippen LogP contribution in [-0.4, -0.2) is 14.8 Å². The number of aromatic nitrogens is 3. The Kier molecular flexibility index (Phi) is 2.44. The smallest absolute Gasteiger partial charge is 0.148 e. The fourth-order valence-electron chi connectivity index (χ4n) is 1.38. The van der Waals surface area contributed by atoms with Gasteiger partial charge in [-0.1, -0.05) is 11.6 Å². The Balaban J connectivity index is 2.54. The van der Waals surface area contributed by atoms with Crippen molar-refractivity contribution in [1.29, 1.82) is 0 Å². The van der Waals surface area contributed by atoms with Gasteiger partial charge in [-0.2, -0.15) is 5.10 Å². The highest BCUT2D eigenvalue weighted by Gasteiger charge is 2.07. The Morgan fingerprint density at radius 2 is 2.07 bits per heavy atom. The van der Waals surface area contributed by atoms with Crippen LogP contribution in [-0.2, 0) is 0 Å². The molecule has 78 valence electrons. The lowest BCUT2D eigenvalue weighted by Crippen LogP contribution is -1.99. The molecule has 0 fully saturated rings. The Morgan fingerprint density at radius 1 is 1.33 bits per heavy atom. The van der Waals surface area contributed by atoms with Gasteiger partial charge in [-0.3, -0.25) is 0 Å². The van der Waals surface area contributed by atoms with Gasteiger partial charge in [0, 0.05) is 0 Å². The van der Waals surface area contributed by atoms with Crippen LogP contribution >= 0.6 is 11.6 Å². The highest BCUT2D eigenvalue weighted by atomic mass is 35.5. The van der Waals surface area contributed by atoms with Crippen molar-refractivity contribution in [2.24, 2.45) is 0 Å². The summed E-state index contributed by atoms with van der Waals surface area (Å²) in [6.45, 7) is 3.63. The molecule has 0 spiro atoms. The third-order valence-corrected chi connectivity index (χ3v) is 2.31. The minimum absolute atomic E-state index is 0.0834. The average Bonchev–Trinajstić information content (AvgIpc) is 2.50. The highest BCUT2D eigenvalue weighted by molar-refractivity contribution is 6.30. The van der Waals surface area contributed by atoms with E-state index in [1.807, 2.05) is 6.92 Å². The summed E-state index contributed by atoms with van der Waals surface area (Å²) >= 11 is 5.69. The maximum absolute atomic E-state index is 12.9. The summed E-state index contributed by atoms with van der Waals surface area (Å²) in [5.41, 5.74) is 0.708. The van der Waals surface area contributed by atoms with Crippen LogP contribution in [0.3, 0.4) is 0 Å². The molecular weight excluding hydrogens is 217 g/mol. The van der Waals surface area contributed by atoms with Crippen molar-refractivity contribution in [1.82, 2.24) is 14.8 Å². The summed E-state index contributed by atoms with van der Waals surface area (Å²) in [5, 5.41) is 4.26. The molecule has 0 amide bonds. The minimum atomic E-state index is -0.435. The van der Waals surface area contributed by atoms with E-state index >= 15 is 0 Å². The zero-order valence-corrected chi connectivity index (χ0v) is 9.09. The second-order valence-electron chi connectivity index (χ2n) is 3.22. The van der Waals surface area contributed by atoms with Crippen LogP contribution in [0.4, 0.5) is 4.39 Å². The van der Waals surface area contributed by atoms with E-state index in [2.05, 4.69) is 10.1 Å². The molecule has 0 unspecified atom stereocenters. The fourth-order valence-corrected chi connectivity index (χ4v) is 1.56. The molecule has 15 heavy (non-hydrogen) atoms. The van der Waals surface area contributed by atoms with E-state index in [4.69, 9.17) is 11.6 Å². The molecule has 2 rings (SSSR count). The zero-order chi connectivity index (χ0) is 11.0. The Bertz CT molecular complexity index is 507. The van der Waals surface area contributed by atoms with Crippen molar-refractivity contribution in [3.8, 4) is 5.69 Å². The first kappa shape index (κ1) is 10.1. The van der Waals surface area contributed by atoms with Crippen LogP contribution in [0, 0.1) is 19.7 Å².